The van der Waals surface area contributed by atoms with Crippen LogP contribution in [0.5, 0.6) is 0 Å². The molecule has 2 aromatic rings. The van der Waals surface area contributed by atoms with Crippen LogP contribution in [0.25, 0.3) is 11.0 Å². The van der Waals surface area contributed by atoms with Gasteiger partial charge in [0.05, 0.1) is 19.1 Å². The van der Waals surface area contributed by atoms with Crippen molar-refractivity contribution in [3.63, 3.8) is 0 Å². The minimum absolute atomic E-state index is 0.0118. The van der Waals surface area contributed by atoms with E-state index in [9.17, 15) is 9.59 Å². The zero-order valence-corrected chi connectivity index (χ0v) is 15.8. The van der Waals surface area contributed by atoms with Crippen LogP contribution < -0.4 is 5.32 Å². The molecule has 1 aromatic carbocycles. The van der Waals surface area contributed by atoms with Gasteiger partial charge >= 0.3 is 0 Å². The SMILES string of the molecule is O=C(NCc1ccc2nonc2c1)[C@H]1CCC(=O)N(CCN2CCOCC2)C1. The highest BCUT2D eigenvalue weighted by atomic mass is 16.6. The summed E-state index contributed by atoms with van der Waals surface area (Å²) in [6.45, 7) is 5.69. The Bertz CT molecular complexity index is 833. The average molecular weight is 387 g/mol. The fraction of sp³-hybridized carbons (Fsp3) is 0.579. The molecule has 28 heavy (non-hydrogen) atoms. The van der Waals surface area contributed by atoms with E-state index < -0.39 is 0 Å². The first-order chi connectivity index (χ1) is 13.7. The van der Waals surface area contributed by atoms with Gasteiger partial charge in [0.15, 0.2) is 0 Å². The lowest BCUT2D eigenvalue weighted by Gasteiger charge is -2.34. The van der Waals surface area contributed by atoms with Gasteiger partial charge in [-0.2, -0.15) is 0 Å². The van der Waals surface area contributed by atoms with Gasteiger partial charge in [0.2, 0.25) is 11.8 Å². The number of carbonyl (C=O) groups is 2. The Morgan fingerprint density at radius 2 is 2.00 bits per heavy atom. The summed E-state index contributed by atoms with van der Waals surface area (Å²) in [5.74, 6) is -0.0385. The molecule has 2 aliphatic heterocycles. The van der Waals surface area contributed by atoms with E-state index in [1.165, 1.54) is 0 Å². The van der Waals surface area contributed by atoms with E-state index in [0.29, 0.717) is 43.5 Å². The number of hydrogen-bond acceptors (Lipinski definition) is 7. The Labute approximate surface area is 162 Å². The third-order valence-corrected chi connectivity index (χ3v) is 5.45. The molecule has 0 aliphatic carbocycles. The average Bonchev–Trinajstić information content (AvgIpc) is 3.20. The maximum Gasteiger partial charge on any atom is 0.225 e. The molecular weight excluding hydrogens is 362 g/mol. The van der Waals surface area contributed by atoms with Crippen LogP contribution in [-0.4, -0.2) is 77.9 Å². The van der Waals surface area contributed by atoms with Crippen molar-refractivity contribution < 1.29 is 19.0 Å². The molecule has 0 bridgehead atoms. The Balaban J connectivity index is 1.27. The van der Waals surface area contributed by atoms with Crippen LogP contribution in [0.1, 0.15) is 18.4 Å². The van der Waals surface area contributed by atoms with Gasteiger partial charge in [0, 0.05) is 45.7 Å². The quantitative estimate of drug-likeness (QED) is 0.766. The lowest BCUT2D eigenvalue weighted by Crippen LogP contribution is -2.49. The van der Waals surface area contributed by atoms with Gasteiger partial charge in [-0.1, -0.05) is 6.07 Å². The van der Waals surface area contributed by atoms with Crippen LogP contribution in [0.3, 0.4) is 0 Å². The topological polar surface area (TPSA) is 101 Å². The first-order valence-electron chi connectivity index (χ1n) is 9.76. The van der Waals surface area contributed by atoms with E-state index >= 15 is 0 Å². The fourth-order valence-electron chi connectivity index (χ4n) is 3.70. The van der Waals surface area contributed by atoms with Crippen LogP contribution >= 0.6 is 0 Å². The zero-order valence-electron chi connectivity index (χ0n) is 15.8. The molecule has 150 valence electrons. The molecule has 1 aromatic heterocycles. The number of nitrogens with zero attached hydrogens (tertiary/aromatic N) is 4. The lowest BCUT2D eigenvalue weighted by molar-refractivity contribution is -0.138. The molecule has 9 nitrogen and oxygen atoms in total. The number of benzene rings is 1. The molecule has 4 rings (SSSR count). The molecule has 0 radical (unpaired) electrons. The second-order valence-electron chi connectivity index (χ2n) is 7.33. The molecule has 1 N–H and O–H groups in total. The highest BCUT2D eigenvalue weighted by Crippen LogP contribution is 2.18. The van der Waals surface area contributed by atoms with Crippen LogP contribution in [0.4, 0.5) is 0 Å². The highest BCUT2D eigenvalue weighted by Gasteiger charge is 2.30. The van der Waals surface area contributed by atoms with Crippen molar-refractivity contribution in [1.29, 1.82) is 0 Å². The molecule has 0 spiro atoms. The summed E-state index contributed by atoms with van der Waals surface area (Å²) in [6.07, 6.45) is 1.03. The van der Waals surface area contributed by atoms with E-state index in [-0.39, 0.29) is 17.7 Å². The molecule has 3 heterocycles. The predicted octanol–water partition coefficient (Wildman–Crippen LogP) is 0.410. The van der Waals surface area contributed by atoms with E-state index in [4.69, 9.17) is 9.37 Å². The van der Waals surface area contributed by atoms with E-state index in [1.807, 2.05) is 23.1 Å². The largest absolute Gasteiger partial charge is 0.379 e. The predicted molar refractivity (Wildman–Crippen MR) is 100 cm³/mol. The van der Waals surface area contributed by atoms with Crippen molar-refractivity contribution in [3.05, 3.63) is 23.8 Å². The number of nitrogens with one attached hydrogen (secondary N) is 1. The number of piperidine rings is 1. The Morgan fingerprint density at radius 1 is 1.18 bits per heavy atom. The van der Waals surface area contributed by atoms with Gasteiger partial charge in [-0.15, -0.1) is 0 Å². The second-order valence-corrected chi connectivity index (χ2v) is 7.33. The zero-order chi connectivity index (χ0) is 19.3. The minimum Gasteiger partial charge on any atom is -0.379 e. The van der Waals surface area contributed by atoms with Crippen LogP contribution in [0.2, 0.25) is 0 Å². The van der Waals surface area contributed by atoms with Gasteiger partial charge in [0.25, 0.3) is 0 Å². The van der Waals surface area contributed by atoms with Crippen molar-refractivity contribution in [1.82, 2.24) is 25.4 Å². The molecule has 0 saturated carbocycles. The van der Waals surface area contributed by atoms with Crippen molar-refractivity contribution in [2.45, 2.75) is 19.4 Å². The summed E-state index contributed by atoms with van der Waals surface area (Å²) in [7, 11) is 0. The van der Waals surface area contributed by atoms with Crippen molar-refractivity contribution in [3.8, 4) is 0 Å². The first kappa shape index (κ1) is 18.8. The molecule has 0 unspecified atom stereocenters. The molecule has 2 aliphatic rings. The third kappa shape index (κ3) is 4.48. The summed E-state index contributed by atoms with van der Waals surface area (Å²) in [6, 6.07) is 5.57. The summed E-state index contributed by atoms with van der Waals surface area (Å²) in [5, 5.41) is 10.6. The molecule has 1 atom stereocenters. The Hall–Kier alpha value is -2.52. The van der Waals surface area contributed by atoms with E-state index in [1.54, 1.807) is 0 Å². The molecule has 2 amide bonds. The molecular formula is C19H25N5O4. The Kier molecular flexibility index (Phi) is 5.82. The van der Waals surface area contributed by atoms with Crippen molar-refractivity contribution in [2.24, 2.45) is 5.92 Å². The molecule has 2 fully saturated rings. The van der Waals surface area contributed by atoms with Gasteiger partial charge in [-0.05, 0) is 34.4 Å². The van der Waals surface area contributed by atoms with Crippen LogP contribution in [-0.2, 0) is 20.9 Å². The van der Waals surface area contributed by atoms with Gasteiger partial charge in [0.1, 0.15) is 11.0 Å². The normalized spacial score (nSPS) is 21.2. The van der Waals surface area contributed by atoms with Crippen molar-refractivity contribution in [2.75, 3.05) is 45.9 Å². The maximum absolute atomic E-state index is 12.6. The van der Waals surface area contributed by atoms with Gasteiger partial charge in [-0.3, -0.25) is 14.5 Å². The lowest BCUT2D eigenvalue weighted by atomic mass is 9.96. The van der Waals surface area contributed by atoms with E-state index in [0.717, 1.165) is 38.4 Å². The maximum atomic E-state index is 12.6. The summed E-state index contributed by atoms with van der Waals surface area (Å²) >= 11 is 0. The van der Waals surface area contributed by atoms with E-state index in [2.05, 4.69) is 20.5 Å². The first-order valence-corrected chi connectivity index (χ1v) is 9.76. The molecule has 2 saturated heterocycles. The standard InChI is InChI=1S/C19H25N5O4/c25-18-4-2-15(13-24(18)6-5-23-7-9-27-10-8-23)19(26)20-12-14-1-3-16-17(11-14)22-28-21-16/h1,3,11,15H,2,4-10,12-13H2,(H,20,26)/t15-/m0/s1. The van der Waals surface area contributed by atoms with Gasteiger partial charge in [-0.25, -0.2) is 4.63 Å². The van der Waals surface area contributed by atoms with Crippen molar-refractivity contribution >= 4 is 22.8 Å². The number of hydrogen-bond donors (Lipinski definition) is 1. The number of fused-ring (bicyclic) bond motifs is 1. The Morgan fingerprint density at radius 3 is 2.86 bits per heavy atom. The summed E-state index contributed by atoms with van der Waals surface area (Å²) in [5.41, 5.74) is 2.30. The number of likely N-dealkylation sites (tertiary alicyclic amines) is 1. The second kappa shape index (κ2) is 8.66. The highest BCUT2D eigenvalue weighted by molar-refractivity contribution is 5.84. The number of carbonyl (C=O) groups excluding carboxylic acids is 2. The fourth-order valence-corrected chi connectivity index (χ4v) is 3.70. The number of morpholine rings is 1. The number of rotatable bonds is 6. The summed E-state index contributed by atoms with van der Waals surface area (Å²) in [4.78, 5) is 29.0. The van der Waals surface area contributed by atoms with Gasteiger partial charge < -0.3 is 15.0 Å². The third-order valence-electron chi connectivity index (χ3n) is 5.45. The number of aromatic nitrogens is 2. The molecule has 9 heteroatoms. The summed E-state index contributed by atoms with van der Waals surface area (Å²) < 4.78 is 10.0. The monoisotopic (exact) mass is 387 g/mol. The van der Waals surface area contributed by atoms with Crippen LogP contribution in [0.15, 0.2) is 22.8 Å². The minimum atomic E-state index is -0.167. The number of ether oxygens (including phenoxy) is 1. The number of amides is 2. The van der Waals surface area contributed by atoms with Crippen LogP contribution in [0, 0.1) is 5.92 Å². The smallest absolute Gasteiger partial charge is 0.225 e.